The Labute approximate surface area is 132 Å². The van der Waals surface area contributed by atoms with Crippen LogP contribution in [0.4, 0.5) is 0 Å². The fourth-order valence-electron chi connectivity index (χ4n) is 3.26. The molecule has 1 N–H and O–H groups in total. The van der Waals surface area contributed by atoms with Crippen LogP contribution in [0.2, 0.25) is 0 Å². The van der Waals surface area contributed by atoms with Gasteiger partial charge in [0.1, 0.15) is 0 Å². The molecule has 0 amide bonds. The molecule has 0 saturated carbocycles. The molecular formula is C19H37NO. The molecule has 0 saturated heterocycles. The summed E-state index contributed by atoms with van der Waals surface area (Å²) in [6.07, 6.45) is 11.9. The summed E-state index contributed by atoms with van der Waals surface area (Å²) in [6, 6.07) is 0.378. The van der Waals surface area contributed by atoms with Crippen molar-refractivity contribution < 1.29 is 4.74 Å². The molecule has 2 unspecified atom stereocenters. The Kier molecular flexibility index (Phi) is 8.58. The number of rotatable bonds is 7. The zero-order chi connectivity index (χ0) is 15.7. The SMILES string of the molecule is CCCNC(C1=CCCCCCC1)C(OCC)C(C)(C)C. The zero-order valence-corrected chi connectivity index (χ0v) is 15.0. The first-order valence-electron chi connectivity index (χ1n) is 9.04. The van der Waals surface area contributed by atoms with E-state index < -0.39 is 0 Å². The second kappa shape index (κ2) is 9.63. The van der Waals surface area contributed by atoms with Gasteiger partial charge in [0.05, 0.1) is 12.1 Å². The maximum atomic E-state index is 6.19. The van der Waals surface area contributed by atoms with E-state index in [1.165, 1.54) is 44.9 Å². The summed E-state index contributed by atoms with van der Waals surface area (Å²) in [6.45, 7) is 13.1. The van der Waals surface area contributed by atoms with Crippen molar-refractivity contribution in [3.05, 3.63) is 11.6 Å². The van der Waals surface area contributed by atoms with Gasteiger partial charge in [0.15, 0.2) is 0 Å². The van der Waals surface area contributed by atoms with Crippen LogP contribution >= 0.6 is 0 Å². The second-order valence-electron chi connectivity index (χ2n) is 7.41. The van der Waals surface area contributed by atoms with Crippen molar-refractivity contribution in [2.24, 2.45) is 5.41 Å². The predicted molar refractivity (Wildman–Crippen MR) is 92.7 cm³/mol. The normalized spacial score (nSPS) is 20.3. The van der Waals surface area contributed by atoms with E-state index in [1.54, 1.807) is 5.57 Å². The number of hydrogen-bond donors (Lipinski definition) is 1. The third kappa shape index (κ3) is 6.52. The summed E-state index contributed by atoms with van der Waals surface area (Å²) in [5, 5.41) is 3.79. The second-order valence-corrected chi connectivity index (χ2v) is 7.41. The Bertz CT molecular complexity index is 303. The molecule has 124 valence electrons. The number of nitrogens with one attached hydrogen (secondary N) is 1. The van der Waals surface area contributed by atoms with E-state index in [9.17, 15) is 0 Å². The predicted octanol–water partition coefficient (Wildman–Crippen LogP) is 5.09. The summed E-state index contributed by atoms with van der Waals surface area (Å²) < 4.78 is 6.19. The minimum atomic E-state index is 0.157. The molecule has 2 atom stereocenters. The Morgan fingerprint density at radius 1 is 1.14 bits per heavy atom. The van der Waals surface area contributed by atoms with Gasteiger partial charge in [-0.05, 0) is 51.0 Å². The van der Waals surface area contributed by atoms with Crippen molar-refractivity contribution in [3.63, 3.8) is 0 Å². The molecule has 0 aromatic carbocycles. The summed E-state index contributed by atoms with van der Waals surface area (Å²) in [7, 11) is 0. The molecule has 0 radical (unpaired) electrons. The van der Waals surface area contributed by atoms with Crippen LogP contribution in [0.1, 0.15) is 79.6 Å². The van der Waals surface area contributed by atoms with E-state index in [2.05, 4.69) is 46.0 Å². The first-order chi connectivity index (χ1) is 10.0. The largest absolute Gasteiger partial charge is 0.376 e. The van der Waals surface area contributed by atoms with Crippen molar-refractivity contribution in [2.75, 3.05) is 13.2 Å². The lowest BCUT2D eigenvalue weighted by Gasteiger charge is -2.39. The number of ether oxygens (including phenoxy) is 1. The maximum Gasteiger partial charge on any atom is 0.0814 e. The van der Waals surface area contributed by atoms with Crippen LogP contribution in [0.5, 0.6) is 0 Å². The molecule has 0 spiro atoms. The van der Waals surface area contributed by atoms with Crippen molar-refractivity contribution in [3.8, 4) is 0 Å². The minimum absolute atomic E-state index is 0.157. The summed E-state index contributed by atoms with van der Waals surface area (Å²) >= 11 is 0. The van der Waals surface area contributed by atoms with Gasteiger partial charge >= 0.3 is 0 Å². The third-order valence-electron chi connectivity index (χ3n) is 4.34. The summed E-state index contributed by atoms with van der Waals surface area (Å²) in [4.78, 5) is 0. The van der Waals surface area contributed by atoms with Crippen LogP contribution in [-0.2, 0) is 4.74 Å². The van der Waals surface area contributed by atoms with Gasteiger partial charge in [-0.25, -0.2) is 0 Å². The van der Waals surface area contributed by atoms with Gasteiger partial charge in [0.25, 0.3) is 0 Å². The summed E-state index contributed by atoms with van der Waals surface area (Å²) in [5.74, 6) is 0. The first kappa shape index (κ1) is 18.7. The van der Waals surface area contributed by atoms with E-state index in [0.29, 0.717) is 6.04 Å². The van der Waals surface area contributed by atoms with Crippen molar-refractivity contribution in [1.82, 2.24) is 5.32 Å². The van der Waals surface area contributed by atoms with Crippen LogP contribution in [0.3, 0.4) is 0 Å². The molecule has 21 heavy (non-hydrogen) atoms. The third-order valence-corrected chi connectivity index (χ3v) is 4.34. The average Bonchev–Trinajstić information content (AvgIpc) is 2.37. The maximum absolute atomic E-state index is 6.19. The summed E-state index contributed by atoms with van der Waals surface area (Å²) in [5.41, 5.74) is 1.75. The average molecular weight is 296 g/mol. The lowest BCUT2D eigenvalue weighted by atomic mass is 9.80. The Morgan fingerprint density at radius 2 is 1.86 bits per heavy atom. The van der Waals surface area contributed by atoms with E-state index in [1.807, 2.05) is 0 Å². The topological polar surface area (TPSA) is 21.3 Å². The van der Waals surface area contributed by atoms with Crippen LogP contribution < -0.4 is 5.32 Å². The monoisotopic (exact) mass is 295 g/mol. The molecule has 1 aliphatic carbocycles. The highest BCUT2D eigenvalue weighted by Crippen LogP contribution is 2.31. The van der Waals surface area contributed by atoms with Gasteiger partial charge in [0, 0.05) is 6.61 Å². The molecule has 2 heteroatoms. The van der Waals surface area contributed by atoms with Crippen LogP contribution in [0, 0.1) is 5.41 Å². The van der Waals surface area contributed by atoms with Gasteiger partial charge in [-0.3, -0.25) is 0 Å². The Morgan fingerprint density at radius 3 is 2.48 bits per heavy atom. The highest BCUT2D eigenvalue weighted by molar-refractivity contribution is 5.16. The smallest absolute Gasteiger partial charge is 0.0814 e. The number of hydrogen-bond acceptors (Lipinski definition) is 2. The van der Waals surface area contributed by atoms with Gasteiger partial charge in [-0.15, -0.1) is 0 Å². The molecular weight excluding hydrogens is 258 g/mol. The van der Waals surface area contributed by atoms with Gasteiger partial charge < -0.3 is 10.1 Å². The van der Waals surface area contributed by atoms with E-state index in [-0.39, 0.29) is 11.5 Å². The quantitative estimate of drug-likeness (QED) is 0.661. The lowest BCUT2D eigenvalue weighted by molar-refractivity contribution is -0.0286. The van der Waals surface area contributed by atoms with Crippen LogP contribution in [0.25, 0.3) is 0 Å². The molecule has 2 nitrogen and oxygen atoms in total. The molecule has 0 aliphatic heterocycles. The van der Waals surface area contributed by atoms with E-state index >= 15 is 0 Å². The van der Waals surface area contributed by atoms with Gasteiger partial charge in [-0.1, -0.05) is 52.2 Å². The van der Waals surface area contributed by atoms with Crippen molar-refractivity contribution in [1.29, 1.82) is 0 Å². The minimum Gasteiger partial charge on any atom is -0.376 e. The molecule has 0 aromatic rings. The number of allylic oxidation sites excluding steroid dienone is 1. The highest BCUT2D eigenvalue weighted by atomic mass is 16.5. The van der Waals surface area contributed by atoms with Crippen LogP contribution in [-0.4, -0.2) is 25.3 Å². The standard InChI is InChI=1S/C19H37NO/c1-6-15-20-17(18(21-7-2)19(3,4)5)16-13-11-9-8-10-12-14-16/h13,17-18,20H,6-12,14-15H2,1-5H3. The Balaban J connectivity index is 2.94. The Hall–Kier alpha value is -0.340. The molecule has 0 heterocycles. The molecule has 0 aromatic heterocycles. The lowest BCUT2D eigenvalue weighted by Crippen LogP contribution is -2.49. The van der Waals surface area contributed by atoms with E-state index in [4.69, 9.17) is 4.74 Å². The molecule has 0 fully saturated rings. The molecule has 1 aliphatic rings. The van der Waals surface area contributed by atoms with E-state index in [0.717, 1.165) is 13.2 Å². The van der Waals surface area contributed by atoms with Crippen molar-refractivity contribution in [2.45, 2.75) is 91.7 Å². The fourth-order valence-corrected chi connectivity index (χ4v) is 3.26. The molecule has 1 rings (SSSR count). The molecule has 0 bridgehead atoms. The van der Waals surface area contributed by atoms with Gasteiger partial charge in [-0.2, -0.15) is 0 Å². The van der Waals surface area contributed by atoms with Gasteiger partial charge in [0.2, 0.25) is 0 Å². The van der Waals surface area contributed by atoms with Crippen molar-refractivity contribution >= 4 is 0 Å². The first-order valence-corrected chi connectivity index (χ1v) is 9.04. The fraction of sp³-hybridized carbons (Fsp3) is 0.895. The highest BCUT2D eigenvalue weighted by Gasteiger charge is 2.34. The zero-order valence-electron chi connectivity index (χ0n) is 15.0. The van der Waals surface area contributed by atoms with Crippen LogP contribution in [0.15, 0.2) is 11.6 Å².